The molecule has 0 bridgehead atoms. The number of hydrogen-bond acceptors (Lipinski definition) is 6. The predicted molar refractivity (Wildman–Crippen MR) is 201 cm³/mol. The monoisotopic (exact) mass is 671 g/mol. The Labute approximate surface area is 294 Å². The van der Waals surface area contributed by atoms with Crippen molar-refractivity contribution in [3.05, 3.63) is 60.8 Å². The van der Waals surface area contributed by atoms with Gasteiger partial charge in [-0.1, -0.05) is 126 Å². The van der Waals surface area contributed by atoms with Crippen molar-refractivity contribution >= 4 is 17.9 Å². The van der Waals surface area contributed by atoms with Crippen LogP contribution in [0, 0.1) is 0 Å². The van der Waals surface area contributed by atoms with Crippen LogP contribution in [0.25, 0.3) is 0 Å². The molecule has 1 atom stereocenters. The molecular weight excluding hydrogens is 600 g/mol. The van der Waals surface area contributed by atoms with Crippen molar-refractivity contribution in [2.45, 2.75) is 175 Å². The highest BCUT2D eigenvalue weighted by atomic mass is 16.6. The van der Waals surface area contributed by atoms with Crippen molar-refractivity contribution in [1.82, 2.24) is 0 Å². The van der Waals surface area contributed by atoms with E-state index in [4.69, 9.17) is 14.2 Å². The summed E-state index contributed by atoms with van der Waals surface area (Å²) in [6.07, 6.45) is 42.3. The van der Waals surface area contributed by atoms with Gasteiger partial charge in [-0.15, -0.1) is 0 Å². The summed E-state index contributed by atoms with van der Waals surface area (Å²) in [5, 5.41) is 0. The van der Waals surface area contributed by atoms with Gasteiger partial charge >= 0.3 is 17.9 Å². The van der Waals surface area contributed by atoms with E-state index in [1.165, 1.54) is 38.5 Å². The molecule has 0 saturated carbocycles. The second kappa shape index (κ2) is 36.9. The van der Waals surface area contributed by atoms with Gasteiger partial charge < -0.3 is 14.2 Å². The molecule has 0 spiro atoms. The highest BCUT2D eigenvalue weighted by molar-refractivity contribution is 5.71. The van der Waals surface area contributed by atoms with Crippen LogP contribution in [0.3, 0.4) is 0 Å². The maximum Gasteiger partial charge on any atom is 0.306 e. The Kier molecular flexibility index (Phi) is 34.7. The molecule has 0 amide bonds. The molecule has 0 aliphatic rings. The molecule has 6 heteroatoms. The Bertz CT molecular complexity index is 913. The third kappa shape index (κ3) is 34.4. The molecule has 0 aromatic heterocycles. The van der Waals surface area contributed by atoms with E-state index in [1.807, 2.05) is 0 Å². The Hall–Kier alpha value is -2.89. The lowest BCUT2D eigenvalue weighted by Gasteiger charge is -2.18. The lowest BCUT2D eigenvalue weighted by molar-refractivity contribution is -0.167. The minimum Gasteiger partial charge on any atom is -0.462 e. The van der Waals surface area contributed by atoms with E-state index in [9.17, 15) is 14.4 Å². The Morgan fingerprint density at radius 1 is 0.438 bits per heavy atom. The van der Waals surface area contributed by atoms with E-state index in [0.717, 1.165) is 77.0 Å². The summed E-state index contributed by atoms with van der Waals surface area (Å²) in [5.41, 5.74) is 0. The number of ether oxygens (including phenoxy) is 3. The zero-order valence-corrected chi connectivity index (χ0v) is 31.0. The van der Waals surface area contributed by atoms with Gasteiger partial charge in [0.1, 0.15) is 13.2 Å². The number of allylic oxidation sites excluding steroid dienone is 10. The molecule has 0 radical (unpaired) electrons. The highest BCUT2D eigenvalue weighted by Gasteiger charge is 2.19. The first-order valence-electron chi connectivity index (χ1n) is 19.3. The summed E-state index contributed by atoms with van der Waals surface area (Å²) in [7, 11) is 0. The van der Waals surface area contributed by atoms with Gasteiger partial charge in [0.2, 0.25) is 0 Å². The van der Waals surface area contributed by atoms with E-state index in [0.29, 0.717) is 25.7 Å². The molecule has 0 aromatic carbocycles. The van der Waals surface area contributed by atoms with E-state index >= 15 is 0 Å². The van der Waals surface area contributed by atoms with Crippen LogP contribution < -0.4 is 0 Å². The van der Waals surface area contributed by atoms with E-state index in [-0.39, 0.29) is 37.5 Å². The van der Waals surface area contributed by atoms with Gasteiger partial charge in [0.15, 0.2) is 6.10 Å². The molecule has 6 nitrogen and oxygen atoms in total. The zero-order valence-electron chi connectivity index (χ0n) is 31.0. The average molecular weight is 671 g/mol. The molecule has 1 unspecified atom stereocenters. The van der Waals surface area contributed by atoms with Gasteiger partial charge in [0.25, 0.3) is 0 Å². The smallest absolute Gasteiger partial charge is 0.306 e. The van der Waals surface area contributed by atoms with Crippen LogP contribution in [-0.2, 0) is 28.6 Å². The summed E-state index contributed by atoms with van der Waals surface area (Å²) in [6.45, 7) is 6.31. The molecule has 274 valence electrons. The quantitative estimate of drug-likeness (QED) is 0.0299. The summed E-state index contributed by atoms with van der Waals surface area (Å²) in [5.74, 6) is -1.03. The fourth-order valence-corrected chi connectivity index (χ4v) is 4.80. The molecule has 0 fully saturated rings. The molecular formula is C42H70O6. The zero-order chi connectivity index (χ0) is 35.2. The Balaban J connectivity index is 4.52. The number of carbonyl (C=O) groups is 3. The number of carbonyl (C=O) groups excluding carboxylic acids is 3. The maximum absolute atomic E-state index is 12.6. The number of hydrogen-bond donors (Lipinski definition) is 0. The van der Waals surface area contributed by atoms with Gasteiger partial charge in [0.05, 0.1) is 0 Å². The summed E-state index contributed by atoms with van der Waals surface area (Å²) in [4.78, 5) is 37.3. The standard InChI is InChI=1S/C42H70O6/c1-4-7-10-13-16-19-21-24-26-29-32-35-41(44)47-38-39(37-46-40(43)34-31-28-25-22-18-15-12-9-6-3)48-42(45)36-33-30-27-23-20-17-14-11-8-5-2/h7,10,14,16-17,19,22,24-26,39H,4-6,8-9,11-13,15,18,20-21,23,27-38H2,1-3H3/b10-7-,17-14-,19-16-,25-22-,26-24-. The van der Waals surface area contributed by atoms with Crippen LogP contribution in [0.2, 0.25) is 0 Å². The SMILES string of the molecule is CC/C=C\C/C=C\C/C=C\CCCC(=O)OCC(COC(=O)CCC/C=C\CCCCCC)OC(=O)CCCCCC/C=C\CCCC. The van der Waals surface area contributed by atoms with Gasteiger partial charge in [0, 0.05) is 19.3 Å². The van der Waals surface area contributed by atoms with Crippen LogP contribution in [0.15, 0.2) is 60.8 Å². The first-order valence-corrected chi connectivity index (χ1v) is 19.3. The molecule has 0 aliphatic carbocycles. The largest absolute Gasteiger partial charge is 0.462 e. The minimum absolute atomic E-state index is 0.111. The summed E-state index contributed by atoms with van der Waals surface area (Å²) < 4.78 is 16.5. The van der Waals surface area contributed by atoms with Crippen LogP contribution in [0.1, 0.15) is 168 Å². The lowest BCUT2D eigenvalue weighted by atomic mass is 10.1. The van der Waals surface area contributed by atoms with E-state index in [2.05, 4.69) is 81.5 Å². The van der Waals surface area contributed by atoms with E-state index in [1.54, 1.807) is 0 Å². The first kappa shape index (κ1) is 45.1. The van der Waals surface area contributed by atoms with Gasteiger partial charge in [-0.2, -0.15) is 0 Å². The van der Waals surface area contributed by atoms with Crippen molar-refractivity contribution < 1.29 is 28.6 Å². The Morgan fingerprint density at radius 3 is 1.40 bits per heavy atom. The summed E-state index contributed by atoms with van der Waals surface area (Å²) in [6, 6.07) is 0. The number of esters is 3. The molecule has 0 N–H and O–H groups in total. The predicted octanol–water partition coefficient (Wildman–Crippen LogP) is 11.8. The topological polar surface area (TPSA) is 78.9 Å². The van der Waals surface area contributed by atoms with Crippen LogP contribution in [0.5, 0.6) is 0 Å². The molecule has 0 rings (SSSR count). The second-order valence-corrected chi connectivity index (χ2v) is 12.4. The normalized spacial score (nSPS) is 12.6. The molecule has 0 aliphatic heterocycles. The summed E-state index contributed by atoms with van der Waals surface area (Å²) >= 11 is 0. The first-order chi connectivity index (χ1) is 23.5. The molecule has 0 aromatic rings. The lowest BCUT2D eigenvalue weighted by Crippen LogP contribution is -2.30. The molecule has 48 heavy (non-hydrogen) atoms. The van der Waals surface area contributed by atoms with Crippen LogP contribution >= 0.6 is 0 Å². The third-order valence-electron chi connectivity index (χ3n) is 7.73. The van der Waals surface area contributed by atoms with Crippen molar-refractivity contribution in [3.8, 4) is 0 Å². The Morgan fingerprint density at radius 2 is 0.854 bits per heavy atom. The van der Waals surface area contributed by atoms with Crippen molar-refractivity contribution in [1.29, 1.82) is 0 Å². The van der Waals surface area contributed by atoms with Crippen molar-refractivity contribution in [2.24, 2.45) is 0 Å². The third-order valence-corrected chi connectivity index (χ3v) is 7.73. The minimum atomic E-state index is -0.805. The van der Waals surface area contributed by atoms with Crippen molar-refractivity contribution in [3.63, 3.8) is 0 Å². The van der Waals surface area contributed by atoms with Gasteiger partial charge in [-0.05, 0) is 83.5 Å². The van der Waals surface area contributed by atoms with Crippen LogP contribution in [0.4, 0.5) is 0 Å². The van der Waals surface area contributed by atoms with Gasteiger partial charge in [-0.3, -0.25) is 14.4 Å². The maximum atomic E-state index is 12.6. The average Bonchev–Trinajstić information content (AvgIpc) is 3.08. The van der Waals surface area contributed by atoms with E-state index < -0.39 is 6.10 Å². The molecule has 0 heterocycles. The van der Waals surface area contributed by atoms with Crippen LogP contribution in [-0.4, -0.2) is 37.2 Å². The number of unbranched alkanes of at least 4 members (excludes halogenated alkanes) is 12. The van der Waals surface area contributed by atoms with Gasteiger partial charge in [-0.25, -0.2) is 0 Å². The fourth-order valence-electron chi connectivity index (χ4n) is 4.80. The molecule has 0 saturated heterocycles. The second-order valence-electron chi connectivity index (χ2n) is 12.4. The highest BCUT2D eigenvalue weighted by Crippen LogP contribution is 2.10. The fraction of sp³-hybridized carbons (Fsp3) is 0.690. The number of rotatable bonds is 33. The van der Waals surface area contributed by atoms with Crippen molar-refractivity contribution in [2.75, 3.05) is 13.2 Å².